The van der Waals surface area contributed by atoms with E-state index >= 15 is 0 Å². The fourth-order valence-corrected chi connectivity index (χ4v) is 1.82. The van der Waals surface area contributed by atoms with Crippen molar-refractivity contribution in [1.29, 1.82) is 0 Å². The summed E-state index contributed by atoms with van der Waals surface area (Å²) in [6.07, 6.45) is 6.41. The van der Waals surface area contributed by atoms with Crippen LogP contribution in [0, 0.1) is 0 Å². The molecule has 2 aromatic rings. The Kier molecular flexibility index (Phi) is 4.61. The largest absolute Gasteiger partial charge is 0.348 e. The Balaban J connectivity index is 1.82. The topological polar surface area (TPSA) is 54.9 Å². The third-order valence-corrected chi connectivity index (χ3v) is 2.87. The summed E-state index contributed by atoms with van der Waals surface area (Å²) in [6, 6.07) is 9.47. The monoisotopic (exact) mass is 255 g/mol. The first-order valence-corrected chi connectivity index (χ1v) is 6.35. The van der Waals surface area contributed by atoms with Gasteiger partial charge in [0.2, 0.25) is 5.91 Å². The zero-order valence-electron chi connectivity index (χ0n) is 10.9. The van der Waals surface area contributed by atoms with Gasteiger partial charge in [0.05, 0.1) is 11.7 Å². The second-order valence-corrected chi connectivity index (χ2v) is 4.41. The molecular formula is C15H17N3O. The molecule has 0 aliphatic carbocycles. The Bertz CT molecular complexity index is 513. The molecule has 19 heavy (non-hydrogen) atoms. The molecule has 1 amide bonds. The summed E-state index contributed by atoms with van der Waals surface area (Å²) < 4.78 is 0. The zero-order valence-corrected chi connectivity index (χ0v) is 10.9. The summed E-state index contributed by atoms with van der Waals surface area (Å²) in [5.74, 6) is 0.0296. The second kappa shape index (κ2) is 6.64. The number of carbonyl (C=O) groups is 1. The minimum atomic E-state index is -0.0670. The number of rotatable bonds is 5. The molecule has 0 saturated heterocycles. The highest BCUT2D eigenvalue weighted by atomic mass is 16.1. The van der Waals surface area contributed by atoms with Crippen LogP contribution in [0.25, 0.3) is 0 Å². The Morgan fingerprint density at radius 2 is 2.16 bits per heavy atom. The van der Waals surface area contributed by atoms with Crippen LogP contribution in [0.3, 0.4) is 0 Å². The Morgan fingerprint density at radius 1 is 1.26 bits per heavy atom. The van der Waals surface area contributed by atoms with Gasteiger partial charge in [0.25, 0.3) is 0 Å². The number of pyridine rings is 2. The maximum absolute atomic E-state index is 11.8. The summed E-state index contributed by atoms with van der Waals surface area (Å²) in [4.78, 5) is 20.1. The van der Waals surface area contributed by atoms with Crippen LogP contribution in [0.4, 0.5) is 0 Å². The van der Waals surface area contributed by atoms with Gasteiger partial charge in [-0.1, -0.05) is 12.1 Å². The minimum absolute atomic E-state index is 0.0296. The number of hydrogen-bond acceptors (Lipinski definition) is 3. The molecule has 4 nitrogen and oxygen atoms in total. The molecule has 1 N–H and O–H groups in total. The van der Waals surface area contributed by atoms with Crippen molar-refractivity contribution in [1.82, 2.24) is 15.3 Å². The highest BCUT2D eigenvalue weighted by Crippen LogP contribution is 2.08. The van der Waals surface area contributed by atoms with E-state index in [2.05, 4.69) is 15.3 Å². The van der Waals surface area contributed by atoms with Crippen molar-refractivity contribution < 1.29 is 4.79 Å². The first-order chi connectivity index (χ1) is 9.25. The molecule has 0 fully saturated rings. The van der Waals surface area contributed by atoms with Crippen molar-refractivity contribution in [3.05, 3.63) is 60.2 Å². The van der Waals surface area contributed by atoms with Crippen molar-refractivity contribution in [2.75, 3.05) is 0 Å². The van der Waals surface area contributed by atoms with Gasteiger partial charge in [0.1, 0.15) is 0 Å². The molecule has 1 atom stereocenters. The van der Waals surface area contributed by atoms with Gasteiger partial charge < -0.3 is 5.32 Å². The van der Waals surface area contributed by atoms with E-state index in [0.29, 0.717) is 12.8 Å². The molecule has 2 heterocycles. The summed E-state index contributed by atoms with van der Waals surface area (Å²) in [7, 11) is 0. The van der Waals surface area contributed by atoms with E-state index in [4.69, 9.17) is 0 Å². The lowest BCUT2D eigenvalue weighted by molar-refractivity contribution is -0.121. The molecule has 0 radical (unpaired) electrons. The summed E-state index contributed by atoms with van der Waals surface area (Å²) in [5.41, 5.74) is 1.94. The Morgan fingerprint density at radius 3 is 2.84 bits per heavy atom. The standard InChI is InChI=1S/C15H17N3O/c1-12(14-6-2-3-10-17-14)18-15(19)8-7-13-5-4-9-16-11-13/h2-6,9-12H,7-8H2,1H3,(H,18,19)/t12-/m0/s1. The van der Waals surface area contributed by atoms with Crippen molar-refractivity contribution in [2.24, 2.45) is 0 Å². The van der Waals surface area contributed by atoms with Crippen LogP contribution in [0.15, 0.2) is 48.9 Å². The van der Waals surface area contributed by atoms with E-state index in [0.717, 1.165) is 11.3 Å². The Hall–Kier alpha value is -2.23. The van der Waals surface area contributed by atoms with E-state index in [1.807, 2.05) is 37.3 Å². The third kappa shape index (κ3) is 4.17. The van der Waals surface area contributed by atoms with Gasteiger partial charge in [-0.25, -0.2) is 0 Å². The van der Waals surface area contributed by atoms with Gasteiger partial charge in [-0.2, -0.15) is 0 Å². The van der Waals surface area contributed by atoms with Crippen LogP contribution in [0.1, 0.15) is 30.6 Å². The lowest BCUT2D eigenvalue weighted by atomic mass is 10.1. The van der Waals surface area contributed by atoms with Crippen molar-refractivity contribution in [2.45, 2.75) is 25.8 Å². The molecule has 0 aliphatic heterocycles. The fraction of sp³-hybridized carbons (Fsp3) is 0.267. The van der Waals surface area contributed by atoms with Crippen LogP contribution in [-0.2, 0) is 11.2 Å². The van der Waals surface area contributed by atoms with E-state index in [1.165, 1.54) is 0 Å². The minimum Gasteiger partial charge on any atom is -0.348 e. The number of carbonyl (C=O) groups excluding carboxylic acids is 1. The third-order valence-electron chi connectivity index (χ3n) is 2.87. The maximum atomic E-state index is 11.8. The first kappa shape index (κ1) is 13.2. The first-order valence-electron chi connectivity index (χ1n) is 6.35. The van der Waals surface area contributed by atoms with Crippen molar-refractivity contribution in [3.63, 3.8) is 0 Å². The molecule has 0 saturated carbocycles. The van der Waals surface area contributed by atoms with Gasteiger partial charge in [-0.3, -0.25) is 14.8 Å². The normalized spacial score (nSPS) is 11.8. The van der Waals surface area contributed by atoms with E-state index in [-0.39, 0.29) is 11.9 Å². The molecule has 0 bridgehead atoms. The zero-order chi connectivity index (χ0) is 13.5. The molecule has 2 rings (SSSR count). The average Bonchev–Trinajstić information content (AvgIpc) is 2.47. The molecule has 0 aromatic carbocycles. The van der Waals surface area contributed by atoms with Crippen LogP contribution in [0.2, 0.25) is 0 Å². The van der Waals surface area contributed by atoms with E-state index in [1.54, 1.807) is 18.6 Å². The maximum Gasteiger partial charge on any atom is 0.220 e. The average molecular weight is 255 g/mol. The summed E-state index contributed by atoms with van der Waals surface area (Å²) >= 11 is 0. The molecule has 0 aliphatic rings. The van der Waals surface area contributed by atoms with E-state index in [9.17, 15) is 4.79 Å². The Labute approximate surface area is 112 Å². The number of hydrogen-bond donors (Lipinski definition) is 1. The van der Waals surface area contributed by atoms with Gasteiger partial charge >= 0.3 is 0 Å². The second-order valence-electron chi connectivity index (χ2n) is 4.41. The smallest absolute Gasteiger partial charge is 0.220 e. The van der Waals surface area contributed by atoms with Crippen LogP contribution in [0.5, 0.6) is 0 Å². The number of nitrogens with one attached hydrogen (secondary N) is 1. The molecule has 2 aromatic heterocycles. The number of aromatic nitrogens is 2. The molecule has 4 heteroatoms. The van der Waals surface area contributed by atoms with Crippen LogP contribution in [-0.4, -0.2) is 15.9 Å². The highest BCUT2D eigenvalue weighted by Gasteiger charge is 2.10. The lowest BCUT2D eigenvalue weighted by Gasteiger charge is -2.13. The molecule has 0 unspecified atom stereocenters. The quantitative estimate of drug-likeness (QED) is 0.891. The molecule has 98 valence electrons. The van der Waals surface area contributed by atoms with Gasteiger partial charge in [-0.05, 0) is 37.1 Å². The van der Waals surface area contributed by atoms with Crippen LogP contribution < -0.4 is 5.32 Å². The SMILES string of the molecule is C[C@H](NC(=O)CCc1cccnc1)c1ccccn1. The number of amides is 1. The molecule has 0 spiro atoms. The predicted octanol–water partition coefficient (Wildman–Crippen LogP) is 2.29. The highest BCUT2D eigenvalue weighted by molar-refractivity contribution is 5.76. The lowest BCUT2D eigenvalue weighted by Crippen LogP contribution is -2.27. The summed E-state index contributed by atoms with van der Waals surface area (Å²) in [6.45, 7) is 1.93. The predicted molar refractivity (Wildman–Crippen MR) is 73.4 cm³/mol. The number of nitrogens with zero attached hydrogens (tertiary/aromatic N) is 2. The number of aryl methyl sites for hydroxylation is 1. The van der Waals surface area contributed by atoms with Crippen molar-refractivity contribution >= 4 is 5.91 Å². The van der Waals surface area contributed by atoms with Crippen LogP contribution >= 0.6 is 0 Å². The fourth-order valence-electron chi connectivity index (χ4n) is 1.82. The van der Waals surface area contributed by atoms with Gasteiger partial charge in [-0.15, -0.1) is 0 Å². The van der Waals surface area contributed by atoms with E-state index < -0.39 is 0 Å². The van der Waals surface area contributed by atoms with Crippen molar-refractivity contribution in [3.8, 4) is 0 Å². The molecular weight excluding hydrogens is 238 g/mol. The summed E-state index contributed by atoms with van der Waals surface area (Å²) in [5, 5.41) is 2.94. The van der Waals surface area contributed by atoms with Gasteiger partial charge in [0.15, 0.2) is 0 Å². The van der Waals surface area contributed by atoms with Gasteiger partial charge in [0, 0.05) is 25.0 Å².